The minimum atomic E-state index is -0.0383. The highest BCUT2D eigenvalue weighted by molar-refractivity contribution is 5.22. The lowest BCUT2D eigenvalue weighted by Gasteiger charge is -2.40. The van der Waals surface area contributed by atoms with E-state index in [-0.39, 0.29) is 12.0 Å². The molecule has 1 aromatic carbocycles. The van der Waals surface area contributed by atoms with Crippen LogP contribution >= 0.6 is 0 Å². The van der Waals surface area contributed by atoms with E-state index in [1.807, 2.05) is 0 Å². The molecule has 0 aliphatic carbocycles. The van der Waals surface area contributed by atoms with Crippen molar-refractivity contribution < 1.29 is 9.84 Å². The lowest BCUT2D eigenvalue weighted by atomic mass is 9.87. The third-order valence-corrected chi connectivity index (χ3v) is 3.41. The Bertz CT molecular complexity index is 338. The quantitative estimate of drug-likeness (QED) is 0.782. The highest BCUT2D eigenvalue weighted by atomic mass is 16.5. The molecule has 0 radical (unpaired) electrons. The first-order valence-electron chi connectivity index (χ1n) is 6.25. The van der Waals surface area contributed by atoms with Gasteiger partial charge in [0.05, 0.1) is 25.2 Å². The summed E-state index contributed by atoms with van der Waals surface area (Å²) in [5, 5.41) is 12.7. The van der Waals surface area contributed by atoms with Gasteiger partial charge in [-0.15, -0.1) is 0 Å². The van der Waals surface area contributed by atoms with Crippen molar-refractivity contribution in [1.29, 1.82) is 0 Å². The van der Waals surface area contributed by atoms with Gasteiger partial charge in [0.1, 0.15) is 0 Å². The summed E-state index contributed by atoms with van der Waals surface area (Å²) in [4.78, 5) is 0. The van der Waals surface area contributed by atoms with E-state index in [2.05, 4.69) is 36.5 Å². The normalized spacial score (nSPS) is 17.8. The zero-order valence-corrected chi connectivity index (χ0v) is 10.4. The smallest absolute Gasteiger partial charge is 0.0579 e. The summed E-state index contributed by atoms with van der Waals surface area (Å²) in [5.74, 6) is 0. The first-order valence-corrected chi connectivity index (χ1v) is 6.25. The predicted molar refractivity (Wildman–Crippen MR) is 67.9 cm³/mol. The van der Waals surface area contributed by atoms with E-state index in [4.69, 9.17) is 4.74 Å². The van der Waals surface area contributed by atoms with E-state index < -0.39 is 0 Å². The summed E-state index contributed by atoms with van der Waals surface area (Å²) in [7, 11) is 0. The number of aliphatic hydroxyl groups is 1. The zero-order chi connectivity index (χ0) is 12.1. The van der Waals surface area contributed by atoms with Crippen LogP contribution in [0.15, 0.2) is 24.3 Å². The van der Waals surface area contributed by atoms with Gasteiger partial charge in [-0.1, -0.05) is 31.2 Å². The Kier molecular flexibility index (Phi) is 4.15. The predicted octanol–water partition coefficient (Wildman–Crippen LogP) is 1.35. The molecule has 1 aliphatic rings. The number of aliphatic hydroxyl groups excluding tert-OH is 1. The number of nitrogens with one attached hydrogen (secondary N) is 1. The van der Waals surface area contributed by atoms with E-state index in [0.29, 0.717) is 13.2 Å². The molecule has 0 spiro atoms. The summed E-state index contributed by atoms with van der Waals surface area (Å²) < 4.78 is 5.16. The second-order valence-corrected chi connectivity index (χ2v) is 4.92. The van der Waals surface area contributed by atoms with Gasteiger partial charge in [-0.2, -0.15) is 0 Å². The van der Waals surface area contributed by atoms with Gasteiger partial charge in [-0.05, 0) is 17.5 Å². The molecule has 0 unspecified atom stereocenters. The standard InChI is InChI=1S/C14H21NO2/c1-2-12-3-5-13(6-4-12)7-15-8-14(9-16)10-17-11-14/h3-6,15-16H,2,7-11H2,1H3. The van der Waals surface area contributed by atoms with Crippen molar-refractivity contribution in [3.63, 3.8) is 0 Å². The second kappa shape index (κ2) is 5.63. The van der Waals surface area contributed by atoms with Gasteiger partial charge in [0, 0.05) is 13.1 Å². The van der Waals surface area contributed by atoms with Crippen LogP contribution in [0.1, 0.15) is 18.1 Å². The maximum Gasteiger partial charge on any atom is 0.0579 e. The molecule has 3 nitrogen and oxygen atoms in total. The topological polar surface area (TPSA) is 41.5 Å². The molecule has 0 amide bonds. The summed E-state index contributed by atoms with van der Waals surface area (Å²) >= 11 is 0. The van der Waals surface area contributed by atoms with Crippen molar-refractivity contribution in [1.82, 2.24) is 5.32 Å². The number of rotatable bonds is 6. The van der Waals surface area contributed by atoms with E-state index in [0.717, 1.165) is 19.5 Å². The fraction of sp³-hybridized carbons (Fsp3) is 0.571. The van der Waals surface area contributed by atoms with Crippen LogP contribution in [0.4, 0.5) is 0 Å². The third-order valence-electron chi connectivity index (χ3n) is 3.41. The number of ether oxygens (including phenoxy) is 1. The Morgan fingerprint density at radius 2 is 1.88 bits per heavy atom. The maximum absolute atomic E-state index is 9.28. The number of hydrogen-bond donors (Lipinski definition) is 2. The molecular weight excluding hydrogens is 214 g/mol. The van der Waals surface area contributed by atoms with Crippen LogP contribution in [0, 0.1) is 5.41 Å². The van der Waals surface area contributed by atoms with E-state index in [9.17, 15) is 5.11 Å². The molecule has 1 aliphatic heterocycles. The third kappa shape index (κ3) is 3.06. The van der Waals surface area contributed by atoms with Crippen LogP contribution in [-0.2, 0) is 17.7 Å². The Labute approximate surface area is 103 Å². The van der Waals surface area contributed by atoms with Crippen LogP contribution in [0.3, 0.4) is 0 Å². The SMILES string of the molecule is CCc1ccc(CNCC2(CO)COC2)cc1. The van der Waals surface area contributed by atoms with Gasteiger partial charge in [0.15, 0.2) is 0 Å². The summed E-state index contributed by atoms with van der Waals surface area (Å²) in [6.45, 7) is 5.38. The largest absolute Gasteiger partial charge is 0.396 e. The van der Waals surface area contributed by atoms with Gasteiger partial charge in [-0.25, -0.2) is 0 Å². The van der Waals surface area contributed by atoms with Gasteiger partial charge in [-0.3, -0.25) is 0 Å². The molecule has 1 aromatic rings. The minimum absolute atomic E-state index is 0.0383. The van der Waals surface area contributed by atoms with Crippen molar-refractivity contribution in [2.24, 2.45) is 5.41 Å². The van der Waals surface area contributed by atoms with Crippen molar-refractivity contribution in [2.45, 2.75) is 19.9 Å². The van der Waals surface area contributed by atoms with Crippen LogP contribution in [0.2, 0.25) is 0 Å². The van der Waals surface area contributed by atoms with Gasteiger partial charge >= 0.3 is 0 Å². The molecule has 1 saturated heterocycles. The van der Waals surface area contributed by atoms with Crippen LogP contribution in [0.5, 0.6) is 0 Å². The van der Waals surface area contributed by atoms with Crippen molar-refractivity contribution in [3.8, 4) is 0 Å². The summed E-state index contributed by atoms with van der Waals surface area (Å²) in [5.41, 5.74) is 2.62. The molecule has 17 heavy (non-hydrogen) atoms. The first kappa shape index (κ1) is 12.6. The van der Waals surface area contributed by atoms with E-state index >= 15 is 0 Å². The summed E-state index contributed by atoms with van der Waals surface area (Å²) in [6.07, 6.45) is 1.08. The lowest BCUT2D eigenvalue weighted by Crippen LogP contribution is -2.52. The van der Waals surface area contributed by atoms with Gasteiger partial charge in [0.25, 0.3) is 0 Å². The Morgan fingerprint density at radius 3 is 2.35 bits per heavy atom. The van der Waals surface area contributed by atoms with Crippen molar-refractivity contribution in [3.05, 3.63) is 35.4 Å². The number of hydrogen-bond acceptors (Lipinski definition) is 3. The molecular formula is C14H21NO2. The highest BCUT2D eigenvalue weighted by Gasteiger charge is 2.37. The van der Waals surface area contributed by atoms with Crippen molar-refractivity contribution >= 4 is 0 Å². The number of benzene rings is 1. The Balaban J connectivity index is 1.77. The molecule has 0 bridgehead atoms. The molecule has 94 valence electrons. The molecule has 2 N–H and O–H groups in total. The number of aryl methyl sites for hydroxylation is 1. The molecule has 1 heterocycles. The van der Waals surface area contributed by atoms with Crippen LogP contribution in [-0.4, -0.2) is 31.5 Å². The fourth-order valence-corrected chi connectivity index (χ4v) is 2.00. The molecule has 3 heteroatoms. The molecule has 1 fully saturated rings. The first-order chi connectivity index (χ1) is 8.28. The average Bonchev–Trinajstić information content (AvgIpc) is 2.33. The fourth-order valence-electron chi connectivity index (χ4n) is 2.00. The van der Waals surface area contributed by atoms with Crippen LogP contribution < -0.4 is 5.32 Å². The Hall–Kier alpha value is -0.900. The molecule has 0 atom stereocenters. The average molecular weight is 235 g/mol. The monoisotopic (exact) mass is 235 g/mol. The van der Waals surface area contributed by atoms with Crippen LogP contribution in [0.25, 0.3) is 0 Å². The molecule has 0 saturated carbocycles. The lowest BCUT2D eigenvalue weighted by molar-refractivity contribution is -0.134. The summed E-state index contributed by atoms with van der Waals surface area (Å²) in [6, 6.07) is 8.67. The van der Waals surface area contributed by atoms with E-state index in [1.54, 1.807) is 0 Å². The van der Waals surface area contributed by atoms with Crippen molar-refractivity contribution in [2.75, 3.05) is 26.4 Å². The molecule has 2 rings (SSSR count). The maximum atomic E-state index is 9.28. The minimum Gasteiger partial charge on any atom is -0.396 e. The highest BCUT2D eigenvalue weighted by Crippen LogP contribution is 2.25. The molecule has 0 aromatic heterocycles. The zero-order valence-electron chi connectivity index (χ0n) is 10.4. The Morgan fingerprint density at radius 1 is 1.24 bits per heavy atom. The second-order valence-electron chi connectivity index (χ2n) is 4.92. The van der Waals surface area contributed by atoms with E-state index in [1.165, 1.54) is 11.1 Å². The van der Waals surface area contributed by atoms with Gasteiger partial charge < -0.3 is 15.2 Å². The van der Waals surface area contributed by atoms with Gasteiger partial charge in [0.2, 0.25) is 0 Å².